The highest BCUT2D eigenvalue weighted by Crippen LogP contribution is 2.32. The molecule has 3 nitrogen and oxygen atoms in total. The van der Waals surface area contributed by atoms with Crippen LogP contribution in [0.15, 0.2) is 42.5 Å². The molecule has 0 spiro atoms. The van der Waals surface area contributed by atoms with Crippen LogP contribution in [0.3, 0.4) is 0 Å². The standard InChI is InChI=1S/C19H20FNO2/c1-12-9-13(7-8-16(12)20)21-14(11-19(2,3)23)10-15-17(21)5-4-6-18(15)22/h4-10,22-23H,11H2,1-3H3. The third kappa shape index (κ3) is 2.94. The summed E-state index contributed by atoms with van der Waals surface area (Å²) >= 11 is 0. The van der Waals surface area contributed by atoms with E-state index in [2.05, 4.69) is 0 Å². The van der Waals surface area contributed by atoms with Crippen LogP contribution in [0.5, 0.6) is 5.75 Å². The van der Waals surface area contributed by atoms with Crippen molar-refractivity contribution in [3.05, 3.63) is 59.5 Å². The topological polar surface area (TPSA) is 45.4 Å². The van der Waals surface area contributed by atoms with Crippen molar-refractivity contribution >= 4 is 10.9 Å². The molecule has 0 unspecified atom stereocenters. The smallest absolute Gasteiger partial charge is 0.126 e. The van der Waals surface area contributed by atoms with E-state index in [9.17, 15) is 14.6 Å². The normalized spacial score (nSPS) is 12.0. The van der Waals surface area contributed by atoms with Crippen LogP contribution in [-0.4, -0.2) is 20.4 Å². The Labute approximate surface area is 134 Å². The lowest BCUT2D eigenvalue weighted by atomic mass is 10.0. The van der Waals surface area contributed by atoms with Crippen LogP contribution in [0.1, 0.15) is 25.1 Å². The number of aromatic nitrogens is 1. The van der Waals surface area contributed by atoms with E-state index in [0.717, 1.165) is 16.9 Å². The maximum absolute atomic E-state index is 13.6. The molecule has 0 aliphatic carbocycles. The van der Waals surface area contributed by atoms with Gasteiger partial charge < -0.3 is 14.8 Å². The Balaban J connectivity index is 2.29. The van der Waals surface area contributed by atoms with Crippen LogP contribution in [0, 0.1) is 12.7 Å². The van der Waals surface area contributed by atoms with E-state index < -0.39 is 5.60 Å². The average Bonchev–Trinajstić information content (AvgIpc) is 2.79. The molecule has 0 bridgehead atoms. The summed E-state index contributed by atoms with van der Waals surface area (Å²) in [6, 6.07) is 12.1. The highest BCUT2D eigenvalue weighted by atomic mass is 19.1. The molecule has 0 radical (unpaired) electrons. The van der Waals surface area contributed by atoms with Crippen molar-refractivity contribution < 1.29 is 14.6 Å². The SMILES string of the molecule is Cc1cc(-n2c(CC(C)(C)O)cc3c(O)cccc32)ccc1F. The number of aliphatic hydroxyl groups is 1. The molecular weight excluding hydrogens is 293 g/mol. The molecule has 3 rings (SSSR count). The summed E-state index contributed by atoms with van der Waals surface area (Å²) in [6.45, 7) is 5.20. The first-order chi connectivity index (χ1) is 10.8. The van der Waals surface area contributed by atoms with Gasteiger partial charge in [0, 0.05) is 23.2 Å². The fraction of sp³-hybridized carbons (Fsp3) is 0.263. The number of nitrogens with zero attached hydrogens (tertiary/aromatic N) is 1. The Morgan fingerprint density at radius 3 is 2.52 bits per heavy atom. The van der Waals surface area contributed by atoms with E-state index >= 15 is 0 Å². The van der Waals surface area contributed by atoms with E-state index in [0.29, 0.717) is 17.4 Å². The monoisotopic (exact) mass is 313 g/mol. The molecule has 2 aromatic carbocycles. The first kappa shape index (κ1) is 15.6. The molecule has 23 heavy (non-hydrogen) atoms. The summed E-state index contributed by atoms with van der Waals surface area (Å²) in [4.78, 5) is 0. The maximum Gasteiger partial charge on any atom is 0.126 e. The highest BCUT2D eigenvalue weighted by molar-refractivity contribution is 5.88. The van der Waals surface area contributed by atoms with Gasteiger partial charge in [-0.3, -0.25) is 0 Å². The third-order valence-corrected chi connectivity index (χ3v) is 3.91. The van der Waals surface area contributed by atoms with Crippen molar-refractivity contribution in [2.24, 2.45) is 0 Å². The molecule has 0 aliphatic rings. The number of phenolic OH excluding ortho intramolecular Hbond substituents is 1. The minimum absolute atomic E-state index is 0.192. The summed E-state index contributed by atoms with van der Waals surface area (Å²) in [5, 5.41) is 21.0. The molecule has 0 aliphatic heterocycles. The zero-order valence-corrected chi connectivity index (χ0v) is 13.5. The molecule has 1 heterocycles. The number of halogens is 1. The molecule has 0 atom stereocenters. The minimum atomic E-state index is -0.892. The Morgan fingerprint density at radius 2 is 1.87 bits per heavy atom. The van der Waals surface area contributed by atoms with Gasteiger partial charge in [-0.05, 0) is 62.7 Å². The number of aromatic hydroxyl groups is 1. The van der Waals surface area contributed by atoms with Crippen LogP contribution in [0.2, 0.25) is 0 Å². The second-order valence-electron chi connectivity index (χ2n) is 6.60. The van der Waals surface area contributed by atoms with Gasteiger partial charge in [-0.1, -0.05) is 6.07 Å². The predicted molar refractivity (Wildman–Crippen MR) is 89.6 cm³/mol. The van der Waals surface area contributed by atoms with Crippen LogP contribution < -0.4 is 0 Å². The Hall–Kier alpha value is -2.33. The molecule has 4 heteroatoms. The first-order valence-electron chi connectivity index (χ1n) is 7.57. The van der Waals surface area contributed by atoms with Crippen molar-refractivity contribution in [3.8, 4) is 11.4 Å². The Bertz CT molecular complexity index is 875. The number of benzene rings is 2. The summed E-state index contributed by atoms with van der Waals surface area (Å²) in [7, 11) is 0. The van der Waals surface area contributed by atoms with Crippen molar-refractivity contribution in [1.82, 2.24) is 4.57 Å². The Morgan fingerprint density at radius 1 is 1.13 bits per heavy atom. The summed E-state index contributed by atoms with van der Waals surface area (Å²) < 4.78 is 15.6. The second-order valence-corrected chi connectivity index (χ2v) is 6.60. The zero-order valence-electron chi connectivity index (χ0n) is 13.5. The number of hydrogen-bond acceptors (Lipinski definition) is 2. The van der Waals surface area contributed by atoms with Gasteiger partial charge >= 0.3 is 0 Å². The van der Waals surface area contributed by atoms with Gasteiger partial charge in [0.05, 0.1) is 11.1 Å². The fourth-order valence-corrected chi connectivity index (χ4v) is 2.92. The molecule has 2 N–H and O–H groups in total. The van der Waals surface area contributed by atoms with E-state index in [4.69, 9.17) is 0 Å². The second kappa shape index (κ2) is 5.39. The lowest BCUT2D eigenvalue weighted by Gasteiger charge is -2.19. The van der Waals surface area contributed by atoms with E-state index in [1.807, 2.05) is 16.7 Å². The van der Waals surface area contributed by atoms with Gasteiger partial charge in [0.15, 0.2) is 0 Å². The van der Waals surface area contributed by atoms with E-state index in [-0.39, 0.29) is 11.6 Å². The van der Waals surface area contributed by atoms with Gasteiger partial charge in [0.1, 0.15) is 11.6 Å². The highest BCUT2D eigenvalue weighted by Gasteiger charge is 2.20. The molecule has 0 amide bonds. The molecule has 1 aromatic heterocycles. The number of fused-ring (bicyclic) bond motifs is 1. The van der Waals surface area contributed by atoms with Crippen molar-refractivity contribution in [3.63, 3.8) is 0 Å². The molecule has 0 fully saturated rings. The zero-order chi connectivity index (χ0) is 16.8. The number of hydrogen-bond donors (Lipinski definition) is 2. The third-order valence-electron chi connectivity index (χ3n) is 3.91. The van der Waals surface area contributed by atoms with Crippen molar-refractivity contribution in [2.75, 3.05) is 0 Å². The molecule has 0 saturated carbocycles. The summed E-state index contributed by atoms with van der Waals surface area (Å²) in [5.41, 5.74) is 2.16. The molecular formula is C19H20FNO2. The summed E-state index contributed by atoms with van der Waals surface area (Å²) in [5.74, 6) is -0.0609. The molecule has 0 saturated heterocycles. The van der Waals surface area contributed by atoms with E-state index in [1.165, 1.54) is 6.07 Å². The van der Waals surface area contributed by atoms with Gasteiger partial charge in [0.2, 0.25) is 0 Å². The summed E-state index contributed by atoms with van der Waals surface area (Å²) in [6.07, 6.45) is 0.414. The lowest BCUT2D eigenvalue weighted by molar-refractivity contribution is 0.0796. The van der Waals surface area contributed by atoms with Gasteiger partial charge in [0.25, 0.3) is 0 Å². The fourth-order valence-electron chi connectivity index (χ4n) is 2.92. The number of rotatable bonds is 3. The lowest BCUT2D eigenvalue weighted by Crippen LogP contribution is -2.23. The van der Waals surface area contributed by atoms with Crippen LogP contribution in [-0.2, 0) is 6.42 Å². The Kier molecular flexibility index (Phi) is 3.65. The molecule has 3 aromatic rings. The average molecular weight is 313 g/mol. The van der Waals surface area contributed by atoms with Gasteiger partial charge in [-0.2, -0.15) is 0 Å². The predicted octanol–water partition coefficient (Wildman–Crippen LogP) is 4.10. The van der Waals surface area contributed by atoms with E-state index in [1.54, 1.807) is 45.0 Å². The maximum atomic E-state index is 13.6. The quantitative estimate of drug-likeness (QED) is 0.765. The van der Waals surface area contributed by atoms with Crippen molar-refractivity contribution in [1.29, 1.82) is 0 Å². The molecule has 120 valence electrons. The van der Waals surface area contributed by atoms with Crippen molar-refractivity contribution in [2.45, 2.75) is 32.8 Å². The number of aryl methyl sites for hydroxylation is 1. The van der Waals surface area contributed by atoms with Crippen LogP contribution >= 0.6 is 0 Å². The van der Waals surface area contributed by atoms with Gasteiger partial charge in [-0.15, -0.1) is 0 Å². The van der Waals surface area contributed by atoms with Gasteiger partial charge in [-0.25, -0.2) is 4.39 Å². The largest absolute Gasteiger partial charge is 0.507 e. The van der Waals surface area contributed by atoms with Crippen LogP contribution in [0.4, 0.5) is 4.39 Å². The number of phenols is 1. The minimum Gasteiger partial charge on any atom is -0.507 e. The first-order valence-corrected chi connectivity index (χ1v) is 7.57. The van der Waals surface area contributed by atoms with Crippen LogP contribution in [0.25, 0.3) is 16.6 Å².